The van der Waals surface area contributed by atoms with Crippen LogP contribution in [0.5, 0.6) is 0 Å². The van der Waals surface area contributed by atoms with Crippen LogP contribution in [0.3, 0.4) is 0 Å². The van der Waals surface area contributed by atoms with Gasteiger partial charge in [0.1, 0.15) is 0 Å². The monoisotopic (exact) mass is 337 g/mol. The number of likely N-dealkylation sites (tertiary alicyclic amines) is 1. The number of piperidine rings is 1. The van der Waals surface area contributed by atoms with E-state index in [-0.39, 0.29) is 28.9 Å². The highest BCUT2D eigenvalue weighted by Gasteiger charge is 2.38. The average molecular weight is 337 g/mol. The van der Waals surface area contributed by atoms with Gasteiger partial charge in [-0.3, -0.25) is 4.79 Å². The van der Waals surface area contributed by atoms with E-state index in [1.807, 2.05) is 13.8 Å². The quantitative estimate of drug-likeness (QED) is 0.673. The first-order chi connectivity index (χ1) is 10.2. The third-order valence-corrected chi connectivity index (χ3v) is 4.65. The Balaban J connectivity index is 2.01. The zero-order valence-electron chi connectivity index (χ0n) is 12.3. The Morgan fingerprint density at radius 3 is 2.41 bits per heavy atom. The minimum atomic E-state index is -4.67. The fourth-order valence-corrected chi connectivity index (χ4v) is 3.41. The molecule has 0 radical (unpaired) electrons. The minimum Gasteiger partial charge on any atom is -0.337 e. The minimum absolute atomic E-state index is 0.0120. The SMILES string of the molecule is C[C@@H]1CCC[C@H](C)N1C(=O)CSc1nnc(C(F)(F)F)n1N. The van der Waals surface area contributed by atoms with Gasteiger partial charge in [0.25, 0.3) is 5.82 Å². The summed E-state index contributed by atoms with van der Waals surface area (Å²) in [5.41, 5.74) is 0. The van der Waals surface area contributed by atoms with E-state index in [4.69, 9.17) is 5.84 Å². The van der Waals surface area contributed by atoms with Crippen molar-refractivity contribution < 1.29 is 18.0 Å². The maximum Gasteiger partial charge on any atom is 0.453 e. The highest BCUT2D eigenvalue weighted by Crippen LogP contribution is 2.29. The van der Waals surface area contributed by atoms with Crippen LogP contribution in [0.15, 0.2) is 5.16 Å². The molecular weight excluding hydrogens is 319 g/mol. The first kappa shape index (κ1) is 16.9. The summed E-state index contributed by atoms with van der Waals surface area (Å²) in [6.45, 7) is 3.96. The number of hydrogen-bond donors (Lipinski definition) is 1. The molecule has 2 heterocycles. The summed E-state index contributed by atoms with van der Waals surface area (Å²) in [6.07, 6.45) is -1.72. The largest absolute Gasteiger partial charge is 0.453 e. The molecule has 0 spiro atoms. The zero-order chi connectivity index (χ0) is 16.5. The van der Waals surface area contributed by atoms with E-state index in [9.17, 15) is 18.0 Å². The summed E-state index contributed by atoms with van der Waals surface area (Å²) in [6, 6.07) is 0.275. The molecule has 0 saturated carbocycles. The summed E-state index contributed by atoms with van der Waals surface area (Å²) in [4.78, 5) is 14.1. The molecule has 1 aliphatic rings. The van der Waals surface area contributed by atoms with Gasteiger partial charge in [-0.15, -0.1) is 10.2 Å². The van der Waals surface area contributed by atoms with Crippen LogP contribution in [0.25, 0.3) is 0 Å². The number of nitrogen functional groups attached to an aromatic ring is 1. The lowest BCUT2D eigenvalue weighted by atomic mass is 9.98. The predicted molar refractivity (Wildman–Crippen MR) is 75.5 cm³/mol. The molecule has 6 nitrogen and oxygen atoms in total. The van der Waals surface area contributed by atoms with Crippen molar-refractivity contribution in [1.29, 1.82) is 0 Å². The Labute approximate surface area is 130 Å². The second-order valence-corrected chi connectivity index (χ2v) is 6.34. The van der Waals surface area contributed by atoms with E-state index in [1.165, 1.54) is 0 Å². The third-order valence-electron chi connectivity index (χ3n) is 3.72. The highest BCUT2D eigenvalue weighted by molar-refractivity contribution is 7.99. The molecule has 2 N–H and O–H groups in total. The van der Waals surface area contributed by atoms with E-state index in [2.05, 4.69) is 10.2 Å². The van der Waals surface area contributed by atoms with Crippen molar-refractivity contribution in [3.63, 3.8) is 0 Å². The standard InChI is InChI=1S/C12H18F3N5OS/c1-7-4-3-5-8(2)19(7)9(21)6-22-11-18-17-10(20(11)16)12(13,14)15/h7-8H,3-6,16H2,1-2H3/t7-,8+. The summed E-state index contributed by atoms with van der Waals surface area (Å²) in [5, 5.41) is 6.30. The summed E-state index contributed by atoms with van der Waals surface area (Å²) in [7, 11) is 0. The van der Waals surface area contributed by atoms with Gasteiger partial charge in [-0.05, 0) is 33.1 Å². The molecule has 1 saturated heterocycles. The topological polar surface area (TPSA) is 77.0 Å². The molecule has 1 aliphatic heterocycles. The number of hydrogen-bond acceptors (Lipinski definition) is 5. The Kier molecular flexibility index (Phi) is 4.88. The van der Waals surface area contributed by atoms with Crippen LogP contribution in [0.1, 0.15) is 38.9 Å². The van der Waals surface area contributed by atoms with E-state index >= 15 is 0 Å². The Hall–Kier alpha value is -1.45. The Morgan fingerprint density at radius 1 is 1.32 bits per heavy atom. The molecule has 1 aromatic heterocycles. The maximum atomic E-state index is 12.6. The molecule has 22 heavy (non-hydrogen) atoms. The second kappa shape index (κ2) is 6.35. The molecule has 0 aliphatic carbocycles. The van der Waals surface area contributed by atoms with Crippen LogP contribution < -0.4 is 5.84 Å². The summed E-state index contributed by atoms with van der Waals surface area (Å²) in [5.74, 6) is 3.92. The molecule has 1 aromatic rings. The number of nitrogens with two attached hydrogens (primary N) is 1. The number of rotatable bonds is 3. The van der Waals surface area contributed by atoms with Crippen molar-refractivity contribution in [3.05, 3.63) is 5.82 Å². The number of carbonyl (C=O) groups excluding carboxylic acids is 1. The lowest BCUT2D eigenvalue weighted by Gasteiger charge is -2.39. The number of halogens is 3. The second-order valence-electron chi connectivity index (χ2n) is 5.39. The van der Waals surface area contributed by atoms with Crippen molar-refractivity contribution in [3.8, 4) is 0 Å². The fraction of sp³-hybridized carbons (Fsp3) is 0.750. The molecule has 0 bridgehead atoms. The van der Waals surface area contributed by atoms with Gasteiger partial charge >= 0.3 is 6.18 Å². The number of nitrogens with zero attached hydrogens (tertiary/aromatic N) is 4. The van der Waals surface area contributed by atoms with Crippen LogP contribution in [-0.4, -0.2) is 43.5 Å². The Bertz CT molecular complexity index is 537. The van der Waals surface area contributed by atoms with Crippen molar-refractivity contribution in [2.75, 3.05) is 11.6 Å². The third kappa shape index (κ3) is 3.47. The lowest BCUT2D eigenvalue weighted by molar-refractivity contribution is -0.146. The van der Waals surface area contributed by atoms with Crippen LogP contribution >= 0.6 is 11.8 Å². The van der Waals surface area contributed by atoms with Gasteiger partial charge in [-0.25, -0.2) is 4.68 Å². The molecule has 2 atom stereocenters. The van der Waals surface area contributed by atoms with Crippen LogP contribution in [-0.2, 0) is 11.0 Å². The number of thioether (sulfide) groups is 1. The number of aromatic nitrogens is 3. The van der Waals surface area contributed by atoms with Gasteiger partial charge in [0.05, 0.1) is 5.75 Å². The normalized spacial score (nSPS) is 22.9. The Morgan fingerprint density at radius 2 is 1.91 bits per heavy atom. The fourth-order valence-electron chi connectivity index (χ4n) is 2.68. The van der Waals surface area contributed by atoms with Crippen LogP contribution in [0.4, 0.5) is 13.2 Å². The van der Waals surface area contributed by atoms with Crippen LogP contribution in [0.2, 0.25) is 0 Å². The molecule has 2 rings (SSSR count). The van der Waals surface area contributed by atoms with Crippen LogP contribution in [0, 0.1) is 0 Å². The van der Waals surface area contributed by atoms with Gasteiger partial charge in [-0.1, -0.05) is 11.8 Å². The zero-order valence-corrected chi connectivity index (χ0v) is 13.1. The number of carbonyl (C=O) groups is 1. The summed E-state index contributed by atoms with van der Waals surface area (Å²) >= 11 is 0.863. The van der Waals surface area contributed by atoms with E-state index in [1.54, 1.807) is 4.90 Å². The van der Waals surface area contributed by atoms with Gasteiger partial charge in [0, 0.05) is 12.1 Å². The van der Waals surface area contributed by atoms with E-state index < -0.39 is 12.0 Å². The van der Waals surface area contributed by atoms with Crippen molar-refractivity contribution in [2.45, 2.75) is 56.5 Å². The van der Waals surface area contributed by atoms with Crippen molar-refractivity contribution >= 4 is 17.7 Å². The van der Waals surface area contributed by atoms with E-state index in [0.29, 0.717) is 4.68 Å². The van der Waals surface area contributed by atoms with Gasteiger partial charge in [0.2, 0.25) is 11.1 Å². The summed E-state index contributed by atoms with van der Waals surface area (Å²) < 4.78 is 38.1. The highest BCUT2D eigenvalue weighted by atomic mass is 32.2. The smallest absolute Gasteiger partial charge is 0.337 e. The first-order valence-electron chi connectivity index (χ1n) is 6.93. The van der Waals surface area contributed by atoms with Crippen molar-refractivity contribution in [2.24, 2.45) is 0 Å². The van der Waals surface area contributed by atoms with Crippen molar-refractivity contribution in [1.82, 2.24) is 19.8 Å². The molecule has 0 unspecified atom stereocenters. The molecule has 0 aromatic carbocycles. The average Bonchev–Trinajstić information content (AvgIpc) is 2.77. The molecule has 1 fully saturated rings. The lowest BCUT2D eigenvalue weighted by Crippen LogP contribution is -2.48. The maximum absolute atomic E-state index is 12.6. The molecule has 124 valence electrons. The van der Waals surface area contributed by atoms with Gasteiger partial charge in [0.15, 0.2) is 0 Å². The van der Waals surface area contributed by atoms with Gasteiger partial charge in [-0.2, -0.15) is 13.2 Å². The molecule has 1 amide bonds. The first-order valence-corrected chi connectivity index (χ1v) is 7.92. The number of amides is 1. The molecular formula is C12H18F3N5OS. The predicted octanol–water partition coefficient (Wildman–Crippen LogP) is 1.89. The number of alkyl halides is 3. The molecule has 10 heteroatoms. The van der Waals surface area contributed by atoms with Gasteiger partial charge < -0.3 is 10.7 Å². The van der Waals surface area contributed by atoms with E-state index in [0.717, 1.165) is 31.0 Å².